The molecule has 0 radical (unpaired) electrons. The van der Waals surface area contributed by atoms with Gasteiger partial charge in [0.25, 0.3) is 0 Å². The lowest BCUT2D eigenvalue weighted by Gasteiger charge is -2.09. The Morgan fingerprint density at radius 3 is 3.00 bits per heavy atom. The largest absolute Gasteiger partial charge is 0.383 e. The maximum absolute atomic E-state index is 5.04. The van der Waals surface area contributed by atoms with Crippen LogP contribution in [0.5, 0.6) is 0 Å². The maximum atomic E-state index is 5.04. The minimum absolute atomic E-state index is 0.714. The molecule has 20 heavy (non-hydrogen) atoms. The fourth-order valence-electron chi connectivity index (χ4n) is 1.60. The normalized spacial score (nSPS) is 10.9. The minimum Gasteiger partial charge on any atom is -0.383 e. The van der Waals surface area contributed by atoms with Gasteiger partial charge in [-0.05, 0) is 42.2 Å². The quantitative estimate of drug-likeness (QED) is 0.752. The van der Waals surface area contributed by atoms with E-state index in [2.05, 4.69) is 48.8 Å². The summed E-state index contributed by atoms with van der Waals surface area (Å²) in [6, 6.07) is 6.30. The number of rotatable bonds is 7. The van der Waals surface area contributed by atoms with Crippen LogP contribution in [-0.4, -0.2) is 29.6 Å². The molecule has 2 rings (SSSR count). The molecule has 2 aromatic rings. The van der Waals surface area contributed by atoms with E-state index in [9.17, 15) is 0 Å². The third-order valence-electron chi connectivity index (χ3n) is 2.53. The molecule has 0 unspecified atom stereocenters. The summed E-state index contributed by atoms with van der Waals surface area (Å²) in [7, 11) is 1.71. The van der Waals surface area contributed by atoms with Crippen molar-refractivity contribution in [3.63, 3.8) is 0 Å². The van der Waals surface area contributed by atoms with Gasteiger partial charge in [0, 0.05) is 29.6 Å². The number of methoxy groups -OCH3 is 1. The van der Waals surface area contributed by atoms with Crippen molar-refractivity contribution in [2.45, 2.75) is 22.7 Å². The summed E-state index contributed by atoms with van der Waals surface area (Å²) in [5, 5.41) is 3.37. The monoisotopic (exact) mass is 373 g/mol. The van der Waals surface area contributed by atoms with Crippen molar-refractivity contribution in [2.24, 2.45) is 0 Å². The van der Waals surface area contributed by atoms with Crippen molar-refractivity contribution in [1.29, 1.82) is 0 Å². The first-order chi connectivity index (χ1) is 9.69. The van der Waals surface area contributed by atoms with Crippen LogP contribution in [0, 0.1) is 6.92 Å². The first-order valence-corrected chi connectivity index (χ1v) is 8.53. The van der Waals surface area contributed by atoms with Gasteiger partial charge >= 0.3 is 0 Å². The Morgan fingerprint density at radius 2 is 2.30 bits per heavy atom. The van der Waals surface area contributed by atoms with Crippen LogP contribution in [0.1, 0.15) is 11.4 Å². The Bertz CT molecular complexity index is 562. The highest BCUT2D eigenvalue weighted by Crippen LogP contribution is 2.33. The lowest BCUT2D eigenvalue weighted by Crippen LogP contribution is -2.18. The van der Waals surface area contributed by atoms with Crippen molar-refractivity contribution in [1.82, 2.24) is 14.7 Å². The van der Waals surface area contributed by atoms with Gasteiger partial charge in [-0.2, -0.15) is 4.37 Å². The average molecular weight is 374 g/mol. The zero-order valence-electron chi connectivity index (χ0n) is 11.4. The molecule has 0 spiro atoms. The van der Waals surface area contributed by atoms with Crippen molar-refractivity contribution >= 4 is 39.2 Å². The first-order valence-electron chi connectivity index (χ1n) is 6.15. The molecule has 1 aromatic carbocycles. The number of aryl methyl sites for hydroxylation is 1. The molecule has 4 nitrogen and oxygen atoms in total. The van der Waals surface area contributed by atoms with E-state index in [-0.39, 0.29) is 0 Å². The lowest BCUT2D eigenvalue weighted by molar-refractivity contribution is 0.199. The summed E-state index contributed by atoms with van der Waals surface area (Å²) >= 11 is 6.62. The third kappa shape index (κ3) is 4.82. The van der Waals surface area contributed by atoms with Crippen molar-refractivity contribution < 1.29 is 4.74 Å². The van der Waals surface area contributed by atoms with Crippen molar-refractivity contribution in [3.05, 3.63) is 34.1 Å². The fraction of sp³-hybridized carbons (Fsp3) is 0.385. The second kappa shape index (κ2) is 8.09. The zero-order valence-corrected chi connectivity index (χ0v) is 14.6. The molecular weight excluding hydrogens is 358 g/mol. The second-order valence-corrected chi connectivity index (χ2v) is 7.09. The van der Waals surface area contributed by atoms with Gasteiger partial charge in [0.15, 0.2) is 4.34 Å². The predicted octanol–water partition coefficient (Wildman–Crippen LogP) is 3.50. The summed E-state index contributed by atoms with van der Waals surface area (Å²) in [6.07, 6.45) is 0. The predicted molar refractivity (Wildman–Crippen MR) is 86.5 cm³/mol. The SMILES string of the molecule is COCCNCc1cc(Br)ccc1Sc1nc(C)ns1. The molecule has 0 atom stereocenters. The summed E-state index contributed by atoms with van der Waals surface area (Å²) in [5.74, 6) is 0.828. The number of nitrogens with one attached hydrogen (secondary N) is 1. The molecule has 1 aromatic heterocycles. The smallest absolute Gasteiger partial charge is 0.174 e. The van der Waals surface area contributed by atoms with E-state index >= 15 is 0 Å². The molecule has 1 N–H and O–H groups in total. The van der Waals surface area contributed by atoms with E-state index in [1.165, 1.54) is 22.0 Å². The Balaban J connectivity index is 2.06. The molecule has 0 aliphatic heterocycles. The van der Waals surface area contributed by atoms with Gasteiger partial charge in [0.2, 0.25) is 0 Å². The lowest BCUT2D eigenvalue weighted by atomic mass is 10.2. The van der Waals surface area contributed by atoms with Gasteiger partial charge < -0.3 is 10.1 Å². The molecule has 0 saturated carbocycles. The van der Waals surface area contributed by atoms with Gasteiger partial charge in [0.05, 0.1) is 6.61 Å². The number of aromatic nitrogens is 2. The molecule has 0 aliphatic carbocycles. The molecule has 0 amide bonds. The van der Waals surface area contributed by atoms with Crippen LogP contribution in [0.2, 0.25) is 0 Å². The molecular formula is C13H16BrN3OS2. The number of halogens is 1. The molecule has 0 saturated heterocycles. The Kier molecular flexibility index (Phi) is 6.44. The molecule has 108 valence electrons. The summed E-state index contributed by atoms with van der Waals surface area (Å²) < 4.78 is 11.3. The topological polar surface area (TPSA) is 47.0 Å². The van der Waals surface area contributed by atoms with E-state index < -0.39 is 0 Å². The number of benzene rings is 1. The van der Waals surface area contributed by atoms with E-state index in [0.29, 0.717) is 6.61 Å². The van der Waals surface area contributed by atoms with Crippen LogP contribution >= 0.6 is 39.2 Å². The Labute approximate surface area is 135 Å². The third-order valence-corrected chi connectivity index (χ3v) is 4.98. The van der Waals surface area contributed by atoms with Crippen LogP contribution in [0.15, 0.2) is 31.9 Å². The number of ether oxygens (including phenoxy) is 1. The summed E-state index contributed by atoms with van der Waals surface area (Å²) in [4.78, 5) is 5.60. The minimum atomic E-state index is 0.714. The Morgan fingerprint density at radius 1 is 1.45 bits per heavy atom. The molecule has 0 aliphatic rings. The highest BCUT2D eigenvalue weighted by molar-refractivity contribution is 9.10. The fourth-order valence-corrected chi connectivity index (χ4v) is 3.72. The van der Waals surface area contributed by atoms with Gasteiger partial charge in [0.1, 0.15) is 5.82 Å². The van der Waals surface area contributed by atoms with Crippen LogP contribution in [0.4, 0.5) is 0 Å². The Hall–Kier alpha value is -0.470. The molecule has 7 heteroatoms. The maximum Gasteiger partial charge on any atom is 0.174 e. The molecule has 0 bridgehead atoms. The average Bonchev–Trinajstić information content (AvgIpc) is 2.83. The zero-order chi connectivity index (χ0) is 14.4. The van der Waals surface area contributed by atoms with Crippen LogP contribution in [-0.2, 0) is 11.3 Å². The van der Waals surface area contributed by atoms with E-state index in [0.717, 1.165) is 27.7 Å². The van der Waals surface area contributed by atoms with Gasteiger partial charge in [-0.1, -0.05) is 27.7 Å². The van der Waals surface area contributed by atoms with E-state index in [1.807, 2.05) is 6.92 Å². The van der Waals surface area contributed by atoms with Crippen molar-refractivity contribution in [2.75, 3.05) is 20.3 Å². The number of hydrogen-bond acceptors (Lipinski definition) is 6. The highest BCUT2D eigenvalue weighted by atomic mass is 79.9. The van der Waals surface area contributed by atoms with Gasteiger partial charge in [-0.25, -0.2) is 4.98 Å². The van der Waals surface area contributed by atoms with Crippen LogP contribution in [0.25, 0.3) is 0 Å². The number of nitrogens with zero attached hydrogens (tertiary/aromatic N) is 2. The molecule has 1 heterocycles. The van der Waals surface area contributed by atoms with Crippen LogP contribution < -0.4 is 5.32 Å². The second-order valence-electron chi connectivity index (χ2n) is 4.13. The summed E-state index contributed by atoms with van der Waals surface area (Å²) in [6.45, 7) is 4.27. The van der Waals surface area contributed by atoms with E-state index in [4.69, 9.17) is 4.74 Å². The molecule has 0 fully saturated rings. The highest BCUT2D eigenvalue weighted by Gasteiger charge is 2.08. The van der Waals surface area contributed by atoms with Gasteiger partial charge in [-0.15, -0.1) is 0 Å². The van der Waals surface area contributed by atoms with E-state index in [1.54, 1.807) is 18.9 Å². The van der Waals surface area contributed by atoms with Gasteiger partial charge in [-0.3, -0.25) is 0 Å². The summed E-state index contributed by atoms with van der Waals surface area (Å²) in [5.41, 5.74) is 1.24. The standard InChI is InChI=1S/C13H16BrN3OS2/c1-9-16-13(20-17-9)19-12-4-3-11(14)7-10(12)8-15-5-6-18-2/h3-4,7,15H,5-6,8H2,1-2H3. The van der Waals surface area contributed by atoms with Crippen LogP contribution in [0.3, 0.4) is 0 Å². The number of hydrogen-bond donors (Lipinski definition) is 1. The van der Waals surface area contributed by atoms with Crippen molar-refractivity contribution in [3.8, 4) is 0 Å². The first kappa shape index (κ1) is 15.9.